The molecule has 1 saturated heterocycles. The van der Waals surface area contributed by atoms with Gasteiger partial charge in [-0.05, 0) is 18.1 Å². The fraction of sp³-hybridized carbons (Fsp3) is 0.538. The third-order valence-electron chi connectivity index (χ3n) is 3.03. The summed E-state index contributed by atoms with van der Waals surface area (Å²) in [6.45, 7) is 6.40. The maximum Gasteiger partial charge on any atom is 0.269 e. The number of ether oxygens (including phenoxy) is 1. The summed E-state index contributed by atoms with van der Waals surface area (Å²) >= 11 is 0. The summed E-state index contributed by atoms with van der Waals surface area (Å²) in [4.78, 5) is 15.7. The Hall–Kier alpha value is -1.62. The average molecular weight is 249 g/mol. The maximum atomic E-state index is 11.4. The second-order valence-electron chi connectivity index (χ2n) is 4.94. The molecule has 0 aliphatic carbocycles. The van der Waals surface area contributed by atoms with Crippen LogP contribution in [0, 0.1) is 5.92 Å². The number of anilines is 1. The van der Waals surface area contributed by atoms with Gasteiger partial charge < -0.3 is 15.8 Å². The van der Waals surface area contributed by atoms with E-state index in [0.29, 0.717) is 17.3 Å². The normalized spacial score (nSPS) is 15.5. The molecule has 5 nitrogen and oxygen atoms in total. The molecule has 0 radical (unpaired) electrons. The lowest BCUT2D eigenvalue weighted by molar-refractivity contribution is -0.0248. The standard InChI is InChI=1S/C13H19N3O2/c1-8(2)10-3-4-11(12(16-10)13(14)17)15-5-9-6-18-7-9/h3-4,8-9,15H,5-7H2,1-2H3,(H2,14,17). The van der Waals surface area contributed by atoms with E-state index in [0.717, 1.165) is 25.5 Å². The number of primary amides is 1. The van der Waals surface area contributed by atoms with Crippen LogP contribution in [0.15, 0.2) is 12.1 Å². The first-order valence-corrected chi connectivity index (χ1v) is 6.20. The van der Waals surface area contributed by atoms with E-state index < -0.39 is 5.91 Å². The van der Waals surface area contributed by atoms with Crippen LogP contribution in [0.2, 0.25) is 0 Å². The van der Waals surface area contributed by atoms with Crippen molar-refractivity contribution >= 4 is 11.6 Å². The maximum absolute atomic E-state index is 11.4. The summed E-state index contributed by atoms with van der Waals surface area (Å²) in [5.41, 5.74) is 7.27. The molecule has 1 amide bonds. The average Bonchev–Trinajstić information content (AvgIpc) is 2.26. The van der Waals surface area contributed by atoms with E-state index in [1.807, 2.05) is 26.0 Å². The number of carbonyl (C=O) groups is 1. The number of rotatable bonds is 5. The summed E-state index contributed by atoms with van der Waals surface area (Å²) in [5.74, 6) is 0.289. The topological polar surface area (TPSA) is 77.2 Å². The van der Waals surface area contributed by atoms with Crippen LogP contribution in [0.5, 0.6) is 0 Å². The molecule has 2 rings (SSSR count). The molecule has 98 valence electrons. The Morgan fingerprint density at radius 3 is 2.78 bits per heavy atom. The van der Waals surface area contributed by atoms with Crippen molar-refractivity contribution in [3.8, 4) is 0 Å². The molecule has 3 N–H and O–H groups in total. The summed E-state index contributed by atoms with van der Waals surface area (Å²) in [6, 6.07) is 3.80. The van der Waals surface area contributed by atoms with Gasteiger partial charge in [0.15, 0.2) is 5.69 Å². The molecule has 0 saturated carbocycles. The molecule has 1 aromatic rings. The first-order valence-electron chi connectivity index (χ1n) is 6.20. The molecule has 2 heterocycles. The SMILES string of the molecule is CC(C)c1ccc(NCC2COC2)c(C(N)=O)n1. The van der Waals surface area contributed by atoms with Gasteiger partial charge in [0.25, 0.3) is 5.91 Å². The van der Waals surface area contributed by atoms with Gasteiger partial charge in [-0.2, -0.15) is 0 Å². The van der Waals surface area contributed by atoms with Gasteiger partial charge in [0, 0.05) is 18.2 Å². The molecule has 1 aliphatic heterocycles. The molecule has 0 atom stereocenters. The molecular formula is C13H19N3O2. The molecule has 1 fully saturated rings. The fourth-order valence-electron chi connectivity index (χ4n) is 1.78. The predicted octanol–water partition coefficient (Wildman–Crippen LogP) is 1.36. The van der Waals surface area contributed by atoms with E-state index in [-0.39, 0.29) is 5.92 Å². The van der Waals surface area contributed by atoms with Gasteiger partial charge >= 0.3 is 0 Å². The quantitative estimate of drug-likeness (QED) is 0.826. The van der Waals surface area contributed by atoms with Gasteiger partial charge in [-0.1, -0.05) is 13.8 Å². The third-order valence-corrected chi connectivity index (χ3v) is 3.03. The minimum absolute atomic E-state index is 0.275. The first-order chi connectivity index (χ1) is 8.58. The Balaban J connectivity index is 2.14. The number of hydrogen-bond acceptors (Lipinski definition) is 4. The van der Waals surface area contributed by atoms with Crippen LogP contribution < -0.4 is 11.1 Å². The monoisotopic (exact) mass is 249 g/mol. The number of nitrogens with one attached hydrogen (secondary N) is 1. The summed E-state index contributed by atoms with van der Waals surface area (Å²) < 4.78 is 5.10. The number of aromatic nitrogens is 1. The molecule has 0 aromatic carbocycles. The zero-order valence-corrected chi connectivity index (χ0v) is 10.8. The number of amides is 1. The Kier molecular flexibility index (Phi) is 3.81. The van der Waals surface area contributed by atoms with E-state index in [2.05, 4.69) is 10.3 Å². The van der Waals surface area contributed by atoms with Gasteiger partial charge in [0.05, 0.1) is 18.9 Å². The lowest BCUT2D eigenvalue weighted by Crippen LogP contribution is -2.34. The Morgan fingerprint density at radius 1 is 1.56 bits per heavy atom. The molecule has 5 heteroatoms. The third kappa shape index (κ3) is 2.79. The largest absolute Gasteiger partial charge is 0.383 e. The van der Waals surface area contributed by atoms with Gasteiger partial charge in [0.1, 0.15) is 0 Å². The highest BCUT2D eigenvalue weighted by Crippen LogP contribution is 2.20. The van der Waals surface area contributed by atoms with E-state index in [1.165, 1.54) is 0 Å². The number of nitrogens with zero attached hydrogens (tertiary/aromatic N) is 1. The lowest BCUT2D eigenvalue weighted by Gasteiger charge is -2.26. The van der Waals surface area contributed by atoms with Crippen LogP contribution in [-0.2, 0) is 4.74 Å². The summed E-state index contributed by atoms with van der Waals surface area (Å²) in [5, 5.41) is 3.22. The number of pyridine rings is 1. The highest BCUT2D eigenvalue weighted by Gasteiger charge is 2.19. The van der Waals surface area contributed by atoms with Crippen LogP contribution in [0.3, 0.4) is 0 Å². The van der Waals surface area contributed by atoms with Crippen molar-refractivity contribution in [2.75, 3.05) is 25.1 Å². The van der Waals surface area contributed by atoms with Crippen molar-refractivity contribution in [1.29, 1.82) is 0 Å². The van der Waals surface area contributed by atoms with Crippen LogP contribution in [-0.4, -0.2) is 30.6 Å². The van der Waals surface area contributed by atoms with E-state index in [9.17, 15) is 4.79 Å². The minimum atomic E-state index is -0.496. The zero-order valence-electron chi connectivity index (χ0n) is 10.8. The second-order valence-corrected chi connectivity index (χ2v) is 4.94. The van der Waals surface area contributed by atoms with E-state index in [1.54, 1.807) is 0 Å². The van der Waals surface area contributed by atoms with Crippen molar-refractivity contribution < 1.29 is 9.53 Å². The Morgan fingerprint density at radius 2 is 2.28 bits per heavy atom. The number of nitrogens with two attached hydrogens (primary N) is 1. The molecule has 1 aliphatic rings. The van der Waals surface area contributed by atoms with E-state index in [4.69, 9.17) is 10.5 Å². The molecule has 1 aromatic heterocycles. The number of hydrogen-bond donors (Lipinski definition) is 2. The molecule has 0 unspecified atom stereocenters. The minimum Gasteiger partial charge on any atom is -0.383 e. The Labute approximate surface area is 107 Å². The molecule has 0 bridgehead atoms. The molecule has 0 spiro atoms. The van der Waals surface area contributed by atoms with Crippen molar-refractivity contribution in [3.63, 3.8) is 0 Å². The summed E-state index contributed by atoms with van der Waals surface area (Å²) in [6.07, 6.45) is 0. The second kappa shape index (κ2) is 5.35. The predicted molar refractivity (Wildman–Crippen MR) is 69.6 cm³/mol. The van der Waals surface area contributed by atoms with Crippen LogP contribution >= 0.6 is 0 Å². The van der Waals surface area contributed by atoms with Crippen LogP contribution in [0.25, 0.3) is 0 Å². The lowest BCUT2D eigenvalue weighted by atomic mass is 10.1. The van der Waals surface area contributed by atoms with Gasteiger partial charge in [-0.15, -0.1) is 0 Å². The van der Waals surface area contributed by atoms with Crippen molar-refractivity contribution in [1.82, 2.24) is 4.98 Å². The van der Waals surface area contributed by atoms with Crippen molar-refractivity contribution in [2.45, 2.75) is 19.8 Å². The zero-order chi connectivity index (χ0) is 13.1. The van der Waals surface area contributed by atoms with E-state index >= 15 is 0 Å². The van der Waals surface area contributed by atoms with Gasteiger partial charge in [-0.25, -0.2) is 4.98 Å². The summed E-state index contributed by atoms with van der Waals surface area (Å²) in [7, 11) is 0. The highest BCUT2D eigenvalue weighted by atomic mass is 16.5. The Bertz CT molecular complexity index is 442. The van der Waals surface area contributed by atoms with Crippen LogP contribution in [0.4, 0.5) is 5.69 Å². The fourth-order valence-corrected chi connectivity index (χ4v) is 1.78. The smallest absolute Gasteiger partial charge is 0.269 e. The highest BCUT2D eigenvalue weighted by molar-refractivity contribution is 5.96. The van der Waals surface area contributed by atoms with Crippen LogP contribution in [0.1, 0.15) is 35.9 Å². The van der Waals surface area contributed by atoms with Gasteiger partial charge in [0.2, 0.25) is 0 Å². The van der Waals surface area contributed by atoms with Gasteiger partial charge in [-0.3, -0.25) is 4.79 Å². The molecule has 18 heavy (non-hydrogen) atoms. The molecular weight excluding hydrogens is 230 g/mol. The first kappa shape index (κ1) is 12.8. The number of carbonyl (C=O) groups excluding carboxylic acids is 1. The van der Waals surface area contributed by atoms with Crippen molar-refractivity contribution in [2.24, 2.45) is 11.7 Å². The van der Waals surface area contributed by atoms with Crippen molar-refractivity contribution in [3.05, 3.63) is 23.5 Å².